The van der Waals surface area contributed by atoms with Crippen molar-refractivity contribution in [2.75, 3.05) is 0 Å². The highest BCUT2D eigenvalue weighted by Gasteiger charge is 2.31. The van der Waals surface area contributed by atoms with Crippen molar-refractivity contribution >= 4 is 17.2 Å². The standard InChI is InChI=1S/C18H20ClN5O/c1-5-14(19)7-6-12(2)24-10-15(13-8-21-23(4)9-13)17-16(18(24)25)20-11-22(17)3/h5-11,18,25H,2H2,1,3-4H3/b7-6-,14-5+. The lowest BCUT2D eigenvalue weighted by Crippen LogP contribution is -2.27. The van der Waals surface area contributed by atoms with Crippen LogP contribution < -0.4 is 0 Å². The van der Waals surface area contributed by atoms with Gasteiger partial charge in [-0.3, -0.25) is 4.68 Å². The van der Waals surface area contributed by atoms with Gasteiger partial charge >= 0.3 is 0 Å². The average Bonchev–Trinajstić information content (AvgIpc) is 3.19. The molecule has 0 saturated heterocycles. The van der Waals surface area contributed by atoms with E-state index in [-0.39, 0.29) is 0 Å². The second-order valence-electron chi connectivity index (χ2n) is 5.81. The molecule has 1 N–H and O–H groups in total. The van der Waals surface area contributed by atoms with Gasteiger partial charge in [-0.15, -0.1) is 0 Å². The Kier molecular flexibility index (Phi) is 4.65. The zero-order valence-electron chi connectivity index (χ0n) is 14.4. The molecule has 3 heterocycles. The first-order valence-electron chi connectivity index (χ1n) is 7.80. The average molecular weight is 358 g/mol. The van der Waals surface area contributed by atoms with E-state index in [2.05, 4.69) is 16.7 Å². The van der Waals surface area contributed by atoms with Gasteiger partial charge in [0.05, 0.1) is 18.2 Å². The van der Waals surface area contributed by atoms with E-state index < -0.39 is 6.23 Å². The van der Waals surface area contributed by atoms with Gasteiger partial charge in [0.2, 0.25) is 0 Å². The van der Waals surface area contributed by atoms with Gasteiger partial charge < -0.3 is 14.6 Å². The molecule has 0 saturated carbocycles. The third-order valence-corrected chi connectivity index (χ3v) is 4.40. The number of halogens is 1. The second-order valence-corrected chi connectivity index (χ2v) is 6.25. The summed E-state index contributed by atoms with van der Waals surface area (Å²) in [5.74, 6) is 0. The summed E-state index contributed by atoms with van der Waals surface area (Å²) in [5, 5.41) is 15.6. The first-order valence-corrected chi connectivity index (χ1v) is 8.17. The van der Waals surface area contributed by atoms with Gasteiger partial charge in [0, 0.05) is 48.4 Å². The molecule has 1 aliphatic heterocycles. The number of fused-ring (bicyclic) bond motifs is 1. The number of rotatable bonds is 4. The van der Waals surface area contributed by atoms with Gasteiger partial charge in [-0.1, -0.05) is 24.3 Å². The Morgan fingerprint density at radius 1 is 1.36 bits per heavy atom. The SMILES string of the molecule is C=C(/C=C\C(Cl)=C/C)N1C=C(c2cnn(C)c2)c2c(ncn2C)C1O. The molecule has 6 nitrogen and oxygen atoms in total. The summed E-state index contributed by atoms with van der Waals surface area (Å²) in [6.45, 7) is 5.89. The fraction of sp³-hybridized carbons (Fsp3) is 0.222. The maximum atomic E-state index is 10.7. The van der Waals surface area contributed by atoms with Crippen LogP contribution in [0, 0.1) is 0 Å². The van der Waals surface area contributed by atoms with Crippen molar-refractivity contribution in [2.45, 2.75) is 13.2 Å². The molecule has 0 aliphatic carbocycles. The molecule has 7 heteroatoms. The normalized spacial score (nSPS) is 17.8. The molecule has 3 rings (SSSR count). The molecule has 0 spiro atoms. The van der Waals surface area contributed by atoms with Crippen molar-refractivity contribution in [1.29, 1.82) is 0 Å². The summed E-state index contributed by atoms with van der Waals surface area (Å²) in [6.07, 6.45) is 11.6. The van der Waals surface area contributed by atoms with Crippen molar-refractivity contribution in [1.82, 2.24) is 24.2 Å². The third kappa shape index (κ3) is 3.18. The van der Waals surface area contributed by atoms with Crippen molar-refractivity contribution in [2.24, 2.45) is 14.1 Å². The number of aromatic nitrogens is 4. The lowest BCUT2D eigenvalue weighted by molar-refractivity contribution is 0.0564. The summed E-state index contributed by atoms with van der Waals surface area (Å²) in [6, 6.07) is 0. The highest BCUT2D eigenvalue weighted by molar-refractivity contribution is 6.31. The quantitative estimate of drug-likeness (QED) is 0.854. The van der Waals surface area contributed by atoms with Crippen LogP contribution in [-0.4, -0.2) is 29.3 Å². The highest BCUT2D eigenvalue weighted by Crippen LogP contribution is 2.37. The number of hydrogen-bond acceptors (Lipinski definition) is 4. The summed E-state index contributed by atoms with van der Waals surface area (Å²) in [5.41, 5.74) is 3.90. The van der Waals surface area contributed by atoms with Gasteiger partial charge in [-0.25, -0.2) is 4.98 Å². The number of aliphatic hydroxyl groups excluding tert-OH is 1. The van der Waals surface area contributed by atoms with Crippen LogP contribution in [0.1, 0.15) is 30.1 Å². The number of nitrogens with zero attached hydrogens (tertiary/aromatic N) is 5. The predicted octanol–water partition coefficient (Wildman–Crippen LogP) is 3.06. The van der Waals surface area contributed by atoms with E-state index in [1.165, 1.54) is 0 Å². The number of allylic oxidation sites excluding steroid dienone is 4. The maximum Gasteiger partial charge on any atom is 0.176 e. The first-order chi connectivity index (χ1) is 11.9. The second kappa shape index (κ2) is 6.74. The van der Waals surface area contributed by atoms with Crippen LogP contribution in [0.2, 0.25) is 0 Å². The van der Waals surface area contributed by atoms with Crippen LogP contribution in [-0.2, 0) is 14.1 Å². The molecule has 0 amide bonds. The topological polar surface area (TPSA) is 59.1 Å². The Balaban J connectivity index is 2.06. The van der Waals surface area contributed by atoms with E-state index in [0.29, 0.717) is 16.4 Å². The van der Waals surface area contributed by atoms with Gasteiger partial charge in [0.1, 0.15) is 5.69 Å². The highest BCUT2D eigenvalue weighted by atomic mass is 35.5. The van der Waals surface area contributed by atoms with Crippen LogP contribution >= 0.6 is 11.6 Å². The Morgan fingerprint density at radius 3 is 2.76 bits per heavy atom. The minimum absolute atomic E-state index is 0.579. The van der Waals surface area contributed by atoms with Crippen molar-refractivity contribution in [3.05, 3.63) is 77.4 Å². The molecular formula is C18H20ClN5O. The molecule has 0 fully saturated rings. The maximum absolute atomic E-state index is 10.7. The van der Waals surface area contributed by atoms with E-state index in [1.807, 2.05) is 38.0 Å². The Hall–Kier alpha value is -2.57. The first kappa shape index (κ1) is 17.3. The Labute approximate surface area is 151 Å². The van der Waals surface area contributed by atoms with Crippen LogP contribution in [0.3, 0.4) is 0 Å². The third-order valence-electron chi connectivity index (χ3n) is 4.05. The molecular weight excluding hydrogens is 338 g/mol. The fourth-order valence-electron chi connectivity index (χ4n) is 2.74. The van der Waals surface area contributed by atoms with Crippen molar-refractivity contribution in [3.63, 3.8) is 0 Å². The van der Waals surface area contributed by atoms with E-state index >= 15 is 0 Å². The lowest BCUT2D eigenvalue weighted by Gasteiger charge is -2.31. The van der Waals surface area contributed by atoms with E-state index in [4.69, 9.17) is 11.6 Å². The number of hydrogen-bond donors (Lipinski definition) is 1. The number of imidazole rings is 1. The van der Waals surface area contributed by atoms with Crippen LogP contribution in [0.4, 0.5) is 0 Å². The smallest absolute Gasteiger partial charge is 0.176 e. The summed E-state index contributed by atoms with van der Waals surface area (Å²) >= 11 is 6.01. The molecule has 130 valence electrons. The van der Waals surface area contributed by atoms with Crippen LogP contribution in [0.15, 0.2) is 60.5 Å². The molecule has 0 radical (unpaired) electrons. The molecule has 1 atom stereocenters. The Bertz CT molecular complexity index is 902. The predicted molar refractivity (Wildman–Crippen MR) is 98.2 cm³/mol. The van der Waals surface area contributed by atoms with Crippen molar-refractivity contribution in [3.8, 4) is 0 Å². The van der Waals surface area contributed by atoms with E-state index in [1.54, 1.807) is 40.3 Å². The lowest BCUT2D eigenvalue weighted by atomic mass is 10.0. The van der Waals surface area contributed by atoms with Crippen LogP contribution in [0.25, 0.3) is 5.57 Å². The van der Waals surface area contributed by atoms with Crippen molar-refractivity contribution < 1.29 is 5.11 Å². The molecule has 1 aliphatic rings. The molecule has 0 bridgehead atoms. The molecule has 25 heavy (non-hydrogen) atoms. The van der Waals surface area contributed by atoms with Crippen LogP contribution in [0.5, 0.6) is 0 Å². The van der Waals surface area contributed by atoms with Gasteiger partial charge in [0.15, 0.2) is 6.23 Å². The zero-order valence-corrected chi connectivity index (χ0v) is 15.1. The summed E-state index contributed by atoms with van der Waals surface area (Å²) in [7, 11) is 3.77. The Morgan fingerprint density at radius 2 is 2.12 bits per heavy atom. The van der Waals surface area contributed by atoms with E-state index in [0.717, 1.165) is 16.8 Å². The molecule has 1 unspecified atom stereocenters. The largest absolute Gasteiger partial charge is 0.368 e. The minimum Gasteiger partial charge on any atom is -0.368 e. The van der Waals surface area contributed by atoms with Gasteiger partial charge in [-0.05, 0) is 19.1 Å². The molecule has 0 aromatic carbocycles. The van der Waals surface area contributed by atoms with E-state index in [9.17, 15) is 5.11 Å². The zero-order chi connectivity index (χ0) is 18.1. The molecule has 2 aromatic rings. The summed E-state index contributed by atoms with van der Waals surface area (Å²) in [4.78, 5) is 6.04. The number of aliphatic hydroxyl groups is 1. The fourth-order valence-corrected chi connectivity index (χ4v) is 2.80. The van der Waals surface area contributed by atoms with Gasteiger partial charge in [-0.2, -0.15) is 5.10 Å². The number of aryl methyl sites for hydroxylation is 2. The molecule has 2 aromatic heterocycles. The minimum atomic E-state index is -0.918. The van der Waals surface area contributed by atoms with Gasteiger partial charge in [0.25, 0.3) is 0 Å². The monoisotopic (exact) mass is 357 g/mol. The summed E-state index contributed by atoms with van der Waals surface area (Å²) < 4.78 is 3.63.